The molecule has 18 heavy (non-hydrogen) atoms. The predicted octanol–water partition coefficient (Wildman–Crippen LogP) is 2.47. The van der Waals surface area contributed by atoms with Gasteiger partial charge in [-0.05, 0) is 72.8 Å². The molecule has 0 radical (unpaired) electrons. The Kier molecular flexibility index (Phi) is 11.9. The zero-order chi connectivity index (χ0) is 13.8. The number of nitrogens with zero attached hydrogens (tertiary/aromatic N) is 1. The molecule has 0 aromatic carbocycles. The quantitative estimate of drug-likeness (QED) is 0.526. The summed E-state index contributed by atoms with van der Waals surface area (Å²) < 4.78 is 0. The fourth-order valence-corrected chi connectivity index (χ4v) is 2.08. The Morgan fingerprint density at radius 3 is 1.83 bits per heavy atom. The van der Waals surface area contributed by atoms with Crippen molar-refractivity contribution in [3.05, 3.63) is 0 Å². The molecule has 0 spiro atoms. The Morgan fingerprint density at radius 2 is 1.39 bits per heavy atom. The largest absolute Gasteiger partial charge is 0.320 e. The maximum Gasteiger partial charge on any atom is 0.00385 e. The van der Waals surface area contributed by atoms with Crippen LogP contribution in [0.3, 0.4) is 0 Å². The van der Waals surface area contributed by atoms with Crippen LogP contribution in [0.2, 0.25) is 0 Å². The molecule has 0 heterocycles. The van der Waals surface area contributed by atoms with Gasteiger partial charge in [0.2, 0.25) is 0 Å². The van der Waals surface area contributed by atoms with E-state index in [1.54, 1.807) is 0 Å². The first kappa shape index (κ1) is 17.9. The van der Waals surface area contributed by atoms with Crippen LogP contribution < -0.4 is 10.6 Å². The van der Waals surface area contributed by atoms with Gasteiger partial charge in [-0.1, -0.05) is 13.8 Å². The molecule has 110 valence electrons. The van der Waals surface area contributed by atoms with E-state index in [4.69, 9.17) is 0 Å². The molecule has 0 fully saturated rings. The summed E-state index contributed by atoms with van der Waals surface area (Å²) in [5, 5.41) is 6.70. The van der Waals surface area contributed by atoms with Crippen LogP contribution in [-0.4, -0.2) is 50.2 Å². The van der Waals surface area contributed by atoms with Crippen LogP contribution in [-0.2, 0) is 0 Å². The van der Waals surface area contributed by atoms with Gasteiger partial charge < -0.3 is 15.5 Å². The number of hydrogen-bond donors (Lipinski definition) is 2. The molecular formula is C15H35N3. The number of rotatable bonds is 12. The van der Waals surface area contributed by atoms with E-state index in [1.807, 2.05) is 7.05 Å². The van der Waals surface area contributed by atoms with E-state index in [0.717, 1.165) is 13.1 Å². The topological polar surface area (TPSA) is 27.3 Å². The average Bonchev–Trinajstić information content (AvgIpc) is 2.30. The molecule has 0 aliphatic carbocycles. The smallest absolute Gasteiger partial charge is 0.00385 e. The van der Waals surface area contributed by atoms with Crippen molar-refractivity contribution in [1.82, 2.24) is 15.5 Å². The zero-order valence-corrected chi connectivity index (χ0v) is 13.3. The zero-order valence-electron chi connectivity index (χ0n) is 13.3. The first-order valence-electron chi connectivity index (χ1n) is 7.70. The molecule has 0 rings (SSSR count). The summed E-state index contributed by atoms with van der Waals surface area (Å²) in [6, 6.07) is 1.30. The van der Waals surface area contributed by atoms with E-state index in [9.17, 15) is 0 Å². The Morgan fingerprint density at radius 1 is 0.833 bits per heavy atom. The minimum absolute atomic E-state index is 0.618. The van der Waals surface area contributed by atoms with Crippen LogP contribution >= 0.6 is 0 Å². The van der Waals surface area contributed by atoms with Gasteiger partial charge in [0.05, 0.1) is 0 Å². The monoisotopic (exact) mass is 257 g/mol. The second-order valence-electron chi connectivity index (χ2n) is 5.76. The summed E-state index contributed by atoms with van der Waals surface area (Å²) in [7, 11) is 2.03. The van der Waals surface area contributed by atoms with Gasteiger partial charge in [0, 0.05) is 12.1 Å². The molecule has 0 bridgehead atoms. The van der Waals surface area contributed by atoms with E-state index in [2.05, 4.69) is 43.2 Å². The first-order chi connectivity index (χ1) is 8.57. The van der Waals surface area contributed by atoms with Gasteiger partial charge in [0.25, 0.3) is 0 Å². The standard InChI is InChI=1S/C15H35N3/c1-14(2)17-11-7-9-13-18(15(3)4)12-8-6-10-16-5/h14-17H,6-13H2,1-5H3. The minimum atomic E-state index is 0.618. The highest BCUT2D eigenvalue weighted by atomic mass is 15.1. The molecule has 0 amide bonds. The first-order valence-corrected chi connectivity index (χ1v) is 7.70. The summed E-state index contributed by atoms with van der Waals surface area (Å²) in [4.78, 5) is 2.62. The third kappa shape index (κ3) is 11.0. The molecule has 0 atom stereocenters. The molecule has 0 saturated carbocycles. The van der Waals surface area contributed by atoms with Gasteiger partial charge >= 0.3 is 0 Å². The van der Waals surface area contributed by atoms with Crippen LogP contribution in [0.5, 0.6) is 0 Å². The van der Waals surface area contributed by atoms with Crippen molar-refractivity contribution in [1.29, 1.82) is 0 Å². The van der Waals surface area contributed by atoms with Crippen LogP contribution in [0.4, 0.5) is 0 Å². The van der Waals surface area contributed by atoms with Gasteiger partial charge in [0.15, 0.2) is 0 Å². The third-order valence-corrected chi connectivity index (χ3v) is 3.28. The second kappa shape index (κ2) is 11.9. The minimum Gasteiger partial charge on any atom is -0.320 e. The van der Waals surface area contributed by atoms with E-state index in [1.165, 1.54) is 38.8 Å². The maximum absolute atomic E-state index is 3.48. The molecule has 2 N–H and O–H groups in total. The van der Waals surface area contributed by atoms with Crippen molar-refractivity contribution < 1.29 is 0 Å². The summed E-state index contributed by atoms with van der Waals surface area (Å²) in [5.74, 6) is 0. The van der Waals surface area contributed by atoms with Crippen molar-refractivity contribution in [2.75, 3.05) is 33.2 Å². The van der Waals surface area contributed by atoms with Crippen molar-refractivity contribution in [2.45, 2.75) is 65.5 Å². The highest BCUT2D eigenvalue weighted by molar-refractivity contribution is 4.64. The predicted molar refractivity (Wildman–Crippen MR) is 82.2 cm³/mol. The average molecular weight is 257 g/mol. The lowest BCUT2D eigenvalue weighted by Gasteiger charge is -2.26. The third-order valence-electron chi connectivity index (χ3n) is 3.28. The second-order valence-corrected chi connectivity index (χ2v) is 5.76. The van der Waals surface area contributed by atoms with Gasteiger partial charge in [-0.25, -0.2) is 0 Å². The highest BCUT2D eigenvalue weighted by Gasteiger charge is 2.08. The van der Waals surface area contributed by atoms with E-state index >= 15 is 0 Å². The maximum atomic E-state index is 3.48. The van der Waals surface area contributed by atoms with Gasteiger partial charge in [-0.3, -0.25) is 0 Å². The summed E-state index contributed by atoms with van der Waals surface area (Å²) >= 11 is 0. The normalized spacial score (nSPS) is 12.0. The van der Waals surface area contributed by atoms with Gasteiger partial charge in [0.1, 0.15) is 0 Å². The van der Waals surface area contributed by atoms with E-state index in [-0.39, 0.29) is 0 Å². The lowest BCUT2D eigenvalue weighted by Crippen LogP contribution is -2.33. The van der Waals surface area contributed by atoms with Crippen molar-refractivity contribution in [2.24, 2.45) is 0 Å². The fourth-order valence-electron chi connectivity index (χ4n) is 2.08. The molecule has 3 nitrogen and oxygen atoms in total. The highest BCUT2D eigenvalue weighted by Crippen LogP contribution is 2.04. The van der Waals surface area contributed by atoms with Crippen LogP contribution in [0.25, 0.3) is 0 Å². The fraction of sp³-hybridized carbons (Fsp3) is 1.00. The Balaban J connectivity index is 3.57. The number of nitrogens with one attached hydrogen (secondary N) is 2. The van der Waals surface area contributed by atoms with Crippen LogP contribution in [0.1, 0.15) is 53.4 Å². The summed E-state index contributed by atoms with van der Waals surface area (Å²) in [6.45, 7) is 13.8. The van der Waals surface area contributed by atoms with E-state index in [0.29, 0.717) is 12.1 Å². The molecule has 0 aliphatic rings. The Bertz CT molecular complexity index is 169. The van der Waals surface area contributed by atoms with Crippen molar-refractivity contribution >= 4 is 0 Å². The lowest BCUT2D eigenvalue weighted by molar-refractivity contribution is 0.213. The molecule has 3 heteroatoms. The van der Waals surface area contributed by atoms with Gasteiger partial charge in [-0.2, -0.15) is 0 Å². The molecule has 0 aromatic rings. The van der Waals surface area contributed by atoms with Gasteiger partial charge in [-0.15, -0.1) is 0 Å². The summed E-state index contributed by atoms with van der Waals surface area (Å²) in [5.41, 5.74) is 0. The van der Waals surface area contributed by atoms with Crippen LogP contribution in [0, 0.1) is 0 Å². The molecule has 0 saturated heterocycles. The molecule has 0 aliphatic heterocycles. The number of hydrogen-bond acceptors (Lipinski definition) is 3. The lowest BCUT2D eigenvalue weighted by atomic mass is 10.2. The SMILES string of the molecule is CNCCCCN(CCCCNC(C)C)C(C)C. The Hall–Kier alpha value is -0.120. The van der Waals surface area contributed by atoms with E-state index < -0.39 is 0 Å². The van der Waals surface area contributed by atoms with Crippen molar-refractivity contribution in [3.8, 4) is 0 Å². The molecule has 0 unspecified atom stereocenters. The molecule has 0 aromatic heterocycles. The van der Waals surface area contributed by atoms with Crippen LogP contribution in [0.15, 0.2) is 0 Å². The summed E-state index contributed by atoms with van der Waals surface area (Å²) in [6.07, 6.45) is 5.19. The number of unbranched alkanes of at least 4 members (excludes halogenated alkanes) is 2. The van der Waals surface area contributed by atoms with Crippen molar-refractivity contribution in [3.63, 3.8) is 0 Å². The Labute approximate surface area is 115 Å². The molecular weight excluding hydrogens is 222 g/mol.